The molecule has 0 bridgehead atoms. The van der Waals surface area contributed by atoms with Gasteiger partial charge in [-0.25, -0.2) is 0 Å². The van der Waals surface area contributed by atoms with Gasteiger partial charge in [0.25, 0.3) is 0 Å². The van der Waals surface area contributed by atoms with E-state index >= 15 is 0 Å². The maximum atomic E-state index is 12.2. The quantitative estimate of drug-likeness (QED) is 0.698. The number of nitrogens with zero attached hydrogens (tertiary/aromatic N) is 2. The lowest BCUT2D eigenvalue weighted by Gasteiger charge is -2.30. The Morgan fingerprint density at radius 1 is 1.53 bits per heavy atom. The number of aliphatic hydroxyl groups excluding tert-OH is 1. The van der Waals surface area contributed by atoms with Crippen molar-refractivity contribution in [2.75, 3.05) is 27.2 Å². The first-order chi connectivity index (χ1) is 7.82. The molecule has 0 aromatic carbocycles. The Bertz CT molecular complexity index is 268. The van der Waals surface area contributed by atoms with Gasteiger partial charge in [0.2, 0.25) is 5.91 Å². The third kappa shape index (κ3) is 3.66. The van der Waals surface area contributed by atoms with Crippen molar-refractivity contribution in [2.24, 2.45) is 11.7 Å². The number of amides is 1. The second-order valence-electron chi connectivity index (χ2n) is 5.57. The first kappa shape index (κ1) is 14.4. The van der Waals surface area contributed by atoms with Crippen molar-refractivity contribution in [3.05, 3.63) is 0 Å². The van der Waals surface area contributed by atoms with Crippen molar-refractivity contribution in [3.8, 4) is 0 Å². The zero-order valence-corrected chi connectivity index (χ0v) is 11.3. The number of hydrogen-bond acceptors (Lipinski definition) is 4. The van der Waals surface area contributed by atoms with E-state index in [1.165, 1.54) is 0 Å². The zero-order valence-electron chi connectivity index (χ0n) is 11.3. The second kappa shape index (κ2) is 5.80. The van der Waals surface area contributed by atoms with Crippen LogP contribution in [0.25, 0.3) is 0 Å². The molecule has 1 aliphatic heterocycles. The normalized spacial score (nSPS) is 26.9. The molecule has 3 unspecified atom stereocenters. The highest BCUT2D eigenvalue weighted by atomic mass is 16.3. The van der Waals surface area contributed by atoms with Gasteiger partial charge in [-0.3, -0.25) is 4.79 Å². The highest BCUT2D eigenvalue weighted by molar-refractivity contribution is 5.82. The van der Waals surface area contributed by atoms with Gasteiger partial charge in [0.05, 0.1) is 12.1 Å². The van der Waals surface area contributed by atoms with Gasteiger partial charge >= 0.3 is 0 Å². The molecule has 1 saturated heterocycles. The van der Waals surface area contributed by atoms with Crippen LogP contribution in [0.1, 0.15) is 20.3 Å². The predicted molar refractivity (Wildman–Crippen MR) is 67.5 cm³/mol. The summed E-state index contributed by atoms with van der Waals surface area (Å²) in [5.41, 5.74) is 5.89. The summed E-state index contributed by atoms with van der Waals surface area (Å²) in [5.74, 6) is 0.0867. The predicted octanol–water partition coefficient (Wildman–Crippen LogP) is -0.507. The van der Waals surface area contributed by atoms with Gasteiger partial charge in [0, 0.05) is 19.1 Å². The minimum atomic E-state index is -0.468. The summed E-state index contributed by atoms with van der Waals surface area (Å²) in [6, 6.07) is -0.387. The van der Waals surface area contributed by atoms with Crippen molar-refractivity contribution < 1.29 is 9.90 Å². The average molecular weight is 243 g/mol. The Hall–Kier alpha value is -0.650. The minimum absolute atomic E-state index is 0.0385. The van der Waals surface area contributed by atoms with Crippen LogP contribution < -0.4 is 5.73 Å². The molecule has 3 N–H and O–H groups in total. The monoisotopic (exact) mass is 243 g/mol. The molecule has 0 spiro atoms. The lowest BCUT2D eigenvalue weighted by atomic mass is 10.0. The van der Waals surface area contributed by atoms with Gasteiger partial charge in [0.15, 0.2) is 0 Å². The van der Waals surface area contributed by atoms with Crippen LogP contribution in [0.15, 0.2) is 0 Å². The van der Waals surface area contributed by atoms with Crippen molar-refractivity contribution >= 4 is 5.91 Å². The second-order valence-corrected chi connectivity index (χ2v) is 5.57. The van der Waals surface area contributed by atoms with Crippen LogP contribution in [0.4, 0.5) is 0 Å². The molecule has 1 rings (SSSR count). The van der Waals surface area contributed by atoms with E-state index in [2.05, 4.69) is 0 Å². The molecule has 0 radical (unpaired) electrons. The summed E-state index contributed by atoms with van der Waals surface area (Å²) in [6.45, 7) is 5.07. The van der Waals surface area contributed by atoms with Crippen molar-refractivity contribution in [2.45, 2.75) is 38.5 Å². The number of aliphatic hydroxyl groups is 1. The van der Waals surface area contributed by atoms with Crippen LogP contribution in [0.2, 0.25) is 0 Å². The topological polar surface area (TPSA) is 69.8 Å². The van der Waals surface area contributed by atoms with Crippen LogP contribution in [-0.4, -0.2) is 66.2 Å². The molecule has 1 aliphatic rings. The number of nitrogens with two attached hydrogens (primary N) is 1. The SMILES string of the molecule is CC(C)C(N)C(=O)N1CC(O)CC1CN(C)C. The summed E-state index contributed by atoms with van der Waals surface area (Å²) >= 11 is 0. The number of rotatable bonds is 4. The Balaban J connectivity index is 2.69. The molecule has 1 heterocycles. The summed E-state index contributed by atoms with van der Waals surface area (Å²) in [5, 5.41) is 9.70. The molecule has 100 valence electrons. The van der Waals surface area contributed by atoms with Crippen molar-refractivity contribution in [1.29, 1.82) is 0 Å². The van der Waals surface area contributed by atoms with Crippen LogP contribution in [-0.2, 0) is 4.79 Å². The molecular formula is C12H25N3O2. The number of carbonyl (C=O) groups is 1. The smallest absolute Gasteiger partial charge is 0.240 e. The highest BCUT2D eigenvalue weighted by Crippen LogP contribution is 2.20. The summed E-state index contributed by atoms with van der Waals surface area (Å²) in [6.07, 6.45) is 0.234. The van der Waals surface area contributed by atoms with Crippen LogP contribution >= 0.6 is 0 Å². The molecule has 0 saturated carbocycles. The third-order valence-electron chi connectivity index (χ3n) is 3.25. The molecule has 0 aromatic rings. The Kier molecular flexibility index (Phi) is 4.91. The third-order valence-corrected chi connectivity index (χ3v) is 3.25. The van der Waals surface area contributed by atoms with Crippen LogP contribution in [0, 0.1) is 5.92 Å². The van der Waals surface area contributed by atoms with Crippen molar-refractivity contribution in [3.63, 3.8) is 0 Å². The largest absolute Gasteiger partial charge is 0.391 e. The van der Waals surface area contributed by atoms with Gasteiger partial charge in [-0.15, -0.1) is 0 Å². The standard InChI is InChI=1S/C12H25N3O2/c1-8(2)11(13)12(17)15-7-10(16)5-9(15)6-14(3)4/h8-11,16H,5-7,13H2,1-4H3. The minimum Gasteiger partial charge on any atom is -0.391 e. The maximum absolute atomic E-state index is 12.2. The van der Waals surface area contributed by atoms with Gasteiger partial charge in [-0.1, -0.05) is 13.8 Å². The Morgan fingerprint density at radius 2 is 2.12 bits per heavy atom. The fourth-order valence-electron chi connectivity index (χ4n) is 2.23. The summed E-state index contributed by atoms with van der Waals surface area (Å²) in [4.78, 5) is 16.0. The van der Waals surface area contributed by atoms with Gasteiger partial charge in [0.1, 0.15) is 0 Å². The fourth-order valence-corrected chi connectivity index (χ4v) is 2.23. The van der Waals surface area contributed by atoms with E-state index in [4.69, 9.17) is 5.73 Å². The number of likely N-dealkylation sites (tertiary alicyclic amines) is 1. The summed E-state index contributed by atoms with van der Waals surface area (Å²) < 4.78 is 0. The molecule has 0 aromatic heterocycles. The Labute approximate surface area is 104 Å². The van der Waals surface area contributed by atoms with Gasteiger partial charge < -0.3 is 20.6 Å². The molecule has 1 fully saturated rings. The highest BCUT2D eigenvalue weighted by Gasteiger charge is 2.36. The number of likely N-dealkylation sites (N-methyl/N-ethyl adjacent to an activating group) is 1. The first-order valence-corrected chi connectivity index (χ1v) is 6.21. The first-order valence-electron chi connectivity index (χ1n) is 6.21. The van der Waals surface area contributed by atoms with Crippen LogP contribution in [0.3, 0.4) is 0 Å². The van der Waals surface area contributed by atoms with Crippen LogP contribution in [0.5, 0.6) is 0 Å². The van der Waals surface area contributed by atoms with E-state index in [1.807, 2.05) is 32.8 Å². The van der Waals surface area contributed by atoms with E-state index in [1.54, 1.807) is 4.90 Å². The van der Waals surface area contributed by atoms with E-state index in [0.29, 0.717) is 13.0 Å². The lowest BCUT2D eigenvalue weighted by molar-refractivity contribution is -0.134. The molecule has 17 heavy (non-hydrogen) atoms. The average Bonchev–Trinajstić information content (AvgIpc) is 2.56. The van der Waals surface area contributed by atoms with E-state index in [-0.39, 0.29) is 17.9 Å². The molecule has 3 atom stereocenters. The number of β-amino-alcohol motifs (C(OH)–C–C–N with tert-alkyl or cyclic N) is 1. The van der Waals surface area contributed by atoms with Gasteiger partial charge in [-0.05, 0) is 26.4 Å². The van der Waals surface area contributed by atoms with E-state index in [9.17, 15) is 9.90 Å². The molecule has 0 aliphatic carbocycles. The number of hydrogen-bond donors (Lipinski definition) is 2. The van der Waals surface area contributed by atoms with Gasteiger partial charge in [-0.2, -0.15) is 0 Å². The fraction of sp³-hybridized carbons (Fsp3) is 0.917. The molecular weight excluding hydrogens is 218 g/mol. The summed E-state index contributed by atoms with van der Waals surface area (Å²) in [7, 11) is 3.94. The van der Waals surface area contributed by atoms with Crippen molar-refractivity contribution in [1.82, 2.24) is 9.80 Å². The lowest BCUT2D eigenvalue weighted by Crippen LogP contribution is -2.50. The molecule has 5 heteroatoms. The van der Waals surface area contributed by atoms with E-state index < -0.39 is 12.1 Å². The molecule has 1 amide bonds. The Morgan fingerprint density at radius 3 is 2.59 bits per heavy atom. The zero-order chi connectivity index (χ0) is 13.2. The number of carbonyl (C=O) groups excluding carboxylic acids is 1. The van der Waals surface area contributed by atoms with E-state index in [0.717, 1.165) is 6.54 Å². The molecule has 5 nitrogen and oxygen atoms in total. The maximum Gasteiger partial charge on any atom is 0.240 e.